The Morgan fingerprint density at radius 2 is 1.95 bits per heavy atom. The van der Waals surface area contributed by atoms with E-state index in [1.165, 1.54) is 17.2 Å². The van der Waals surface area contributed by atoms with Crippen molar-refractivity contribution in [1.82, 2.24) is 0 Å². The smallest absolute Gasteiger partial charge is 0.131 e. The zero-order valence-corrected chi connectivity index (χ0v) is 11.0. The number of hydrogen-bond donors (Lipinski definition) is 1. The lowest BCUT2D eigenvalue weighted by atomic mass is 10.0. The molecule has 0 aliphatic heterocycles. The Kier molecular flexibility index (Phi) is 3.03. The number of hydrogen-bond acceptors (Lipinski definition) is 1. The van der Waals surface area contributed by atoms with Gasteiger partial charge in [0.1, 0.15) is 5.82 Å². The molecule has 0 spiro atoms. The van der Waals surface area contributed by atoms with E-state index in [4.69, 9.17) is 17.3 Å². The quantitative estimate of drug-likeness (QED) is 0.758. The van der Waals surface area contributed by atoms with Crippen molar-refractivity contribution in [3.05, 3.63) is 63.9 Å². The van der Waals surface area contributed by atoms with E-state index >= 15 is 0 Å². The fraction of sp³-hybridized carbons (Fsp3) is 0.125. The van der Waals surface area contributed by atoms with Gasteiger partial charge in [-0.25, -0.2) is 4.39 Å². The summed E-state index contributed by atoms with van der Waals surface area (Å²) in [4.78, 5) is 0. The Morgan fingerprint density at radius 1 is 1.11 bits per heavy atom. The van der Waals surface area contributed by atoms with Gasteiger partial charge in [0.15, 0.2) is 0 Å². The predicted octanol–water partition coefficient (Wildman–Crippen LogP) is 4.55. The largest absolute Gasteiger partial charge is 0.399 e. The van der Waals surface area contributed by atoms with Crippen molar-refractivity contribution in [2.24, 2.45) is 0 Å². The maximum atomic E-state index is 13.8. The lowest BCUT2D eigenvalue weighted by Gasteiger charge is -2.04. The lowest BCUT2D eigenvalue weighted by molar-refractivity contribution is 0.625. The highest BCUT2D eigenvalue weighted by Gasteiger charge is 2.16. The number of anilines is 1. The van der Waals surface area contributed by atoms with Crippen molar-refractivity contribution in [3.8, 4) is 0 Å². The third-order valence-corrected chi connectivity index (χ3v) is 3.67. The summed E-state index contributed by atoms with van der Waals surface area (Å²) in [6.45, 7) is 0. The Hall–Kier alpha value is -1.80. The first-order valence-electron chi connectivity index (χ1n) is 6.18. The Balaban J connectivity index is 2.03. The summed E-state index contributed by atoms with van der Waals surface area (Å²) in [5.41, 5.74) is 10.7. The van der Waals surface area contributed by atoms with Gasteiger partial charge in [-0.3, -0.25) is 0 Å². The van der Waals surface area contributed by atoms with Crippen LogP contribution in [0.4, 0.5) is 10.1 Å². The molecule has 3 rings (SSSR count). The van der Waals surface area contributed by atoms with Crippen molar-refractivity contribution in [2.45, 2.75) is 12.8 Å². The molecule has 1 aliphatic carbocycles. The average molecular weight is 274 g/mol. The van der Waals surface area contributed by atoms with E-state index in [0.717, 1.165) is 24.1 Å². The standard InChI is InChI=1S/C16H13ClFN/c17-13-4-3-12(16(18)9-13)7-10-1-2-11-8-14(19)5-6-15(10)11/h3-9H,1-2,19H2/b10-7+. The van der Waals surface area contributed by atoms with Crippen LogP contribution in [0.1, 0.15) is 23.1 Å². The van der Waals surface area contributed by atoms with Crippen LogP contribution in [0, 0.1) is 5.82 Å². The number of fused-ring (bicyclic) bond motifs is 1. The first kappa shape index (κ1) is 12.2. The number of nitrogens with two attached hydrogens (primary N) is 1. The summed E-state index contributed by atoms with van der Waals surface area (Å²) >= 11 is 5.76. The molecule has 0 amide bonds. The Labute approximate surface area is 116 Å². The summed E-state index contributed by atoms with van der Waals surface area (Å²) in [5.74, 6) is -0.288. The summed E-state index contributed by atoms with van der Waals surface area (Å²) in [5, 5.41) is 0.416. The van der Waals surface area contributed by atoms with Gasteiger partial charge in [0, 0.05) is 16.3 Å². The predicted molar refractivity (Wildman–Crippen MR) is 78.5 cm³/mol. The third-order valence-electron chi connectivity index (χ3n) is 3.43. The molecule has 0 unspecified atom stereocenters. The van der Waals surface area contributed by atoms with Crippen molar-refractivity contribution in [3.63, 3.8) is 0 Å². The number of benzene rings is 2. The van der Waals surface area contributed by atoms with E-state index in [0.29, 0.717) is 10.6 Å². The van der Waals surface area contributed by atoms with Gasteiger partial charge in [0.2, 0.25) is 0 Å². The highest BCUT2D eigenvalue weighted by molar-refractivity contribution is 6.30. The van der Waals surface area contributed by atoms with Crippen molar-refractivity contribution >= 4 is 28.9 Å². The number of rotatable bonds is 1. The molecule has 96 valence electrons. The molecule has 19 heavy (non-hydrogen) atoms. The van der Waals surface area contributed by atoms with E-state index < -0.39 is 0 Å². The summed E-state index contributed by atoms with van der Waals surface area (Å²) in [6.07, 6.45) is 3.77. The molecule has 0 radical (unpaired) electrons. The van der Waals surface area contributed by atoms with Crippen LogP contribution >= 0.6 is 11.6 Å². The zero-order chi connectivity index (χ0) is 13.4. The van der Waals surface area contributed by atoms with Gasteiger partial charge in [0.05, 0.1) is 0 Å². The second kappa shape index (κ2) is 4.71. The van der Waals surface area contributed by atoms with Crippen LogP contribution in [0.25, 0.3) is 11.6 Å². The van der Waals surface area contributed by atoms with Gasteiger partial charge in [-0.1, -0.05) is 23.7 Å². The maximum Gasteiger partial charge on any atom is 0.131 e. The van der Waals surface area contributed by atoms with Crippen LogP contribution in [0.2, 0.25) is 5.02 Å². The van der Waals surface area contributed by atoms with Crippen LogP contribution in [0.15, 0.2) is 36.4 Å². The molecule has 0 saturated heterocycles. The van der Waals surface area contributed by atoms with Gasteiger partial charge in [-0.15, -0.1) is 0 Å². The van der Waals surface area contributed by atoms with E-state index in [2.05, 4.69) is 0 Å². The number of aryl methyl sites for hydroxylation is 1. The molecule has 0 aromatic heterocycles. The SMILES string of the molecule is Nc1ccc2c(c1)CC/C2=C\c1ccc(Cl)cc1F. The van der Waals surface area contributed by atoms with Crippen LogP contribution < -0.4 is 5.73 Å². The fourth-order valence-electron chi connectivity index (χ4n) is 2.49. The number of nitrogen functional groups attached to an aromatic ring is 1. The van der Waals surface area contributed by atoms with Gasteiger partial charge in [0.25, 0.3) is 0 Å². The van der Waals surface area contributed by atoms with E-state index in [1.807, 2.05) is 24.3 Å². The summed E-state index contributed by atoms with van der Waals surface area (Å²) in [6, 6.07) is 10.6. The molecular weight excluding hydrogens is 261 g/mol. The summed E-state index contributed by atoms with van der Waals surface area (Å²) in [7, 11) is 0. The molecule has 0 fully saturated rings. The Bertz CT molecular complexity index is 676. The minimum absolute atomic E-state index is 0.288. The topological polar surface area (TPSA) is 26.0 Å². The highest BCUT2D eigenvalue weighted by atomic mass is 35.5. The first-order chi connectivity index (χ1) is 9.13. The average Bonchev–Trinajstić information content (AvgIpc) is 2.75. The zero-order valence-electron chi connectivity index (χ0n) is 10.3. The monoisotopic (exact) mass is 273 g/mol. The molecule has 3 heteroatoms. The van der Waals surface area contributed by atoms with Gasteiger partial charge >= 0.3 is 0 Å². The highest BCUT2D eigenvalue weighted by Crippen LogP contribution is 2.35. The molecule has 0 heterocycles. The first-order valence-corrected chi connectivity index (χ1v) is 6.56. The minimum Gasteiger partial charge on any atom is -0.399 e. The van der Waals surface area contributed by atoms with Gasteiger partial charge in [-0.2, -0.15) is 0 Å². The molecule has 2 N–H and O–H groups in total. The second-order valence-electron chi connectivity index (χ2n) is 4.75. The van der Waals surface area contributed by atoms with Crippen molar-refractivity contribution in [2.75, 3.05) is 5.73 Å². The van der Waals surface area contributed by atoms with Crippen LogP contribution in [0.5, 0.6) is 0 Å². The molecule has 2 aromatic rings. The fourth-order valence-corrected chi connectivity index (χ4v) is 2.65. The molecule has 0 saturated carbocycles. The molecule has 2 aromatic carbocycles. The summed E-state index contributed by atoms with van der Waals surface area (Å²) < 4.78 is 13.8. The molecule has 0 atom stereocenters. The maximum absolute atomic E-state index is 13.8. The van der Waals surface area contributed by atoms with Gasteiger partial charge in [-0.05, 0) is 59.9 Å². The van der Waals surface area contributed by atoms with Crippen LogP contribution in [0.3, 0.4) is 0 Å². The second-order valence-corrected chi connectivity index (χ2v) is 5.19. The molecule has 1 nitrogen and oxygen atoms in total. The van der Waals surface area contributed by atoms with E-state index in [-0.39, 0.29) is 5.82 Å². The number of allylic oxidation sites excluding steroid dienone is 1. The van der Waals surface area contributed by atoms with E-state index in [9.17, 15) is 4.39 Å². The van der Waals surface area contributed by atoms with Crippen LogP contribution in [-0.2, 0) is 6.42 Å². The van der Waals surface area contributed by atoms with Crippen molar-refractivity contribution < 1.29 is 4.39 Å². The normalized spacial score (nSPS) is 15.8. The minimum atomic E-state index is -0.288. The van der Waals surface area contributed by atoms with Crippen LogP contribution in [-0.4, -0.2) is 0 Å². The van der Waals surface area contributed by atoms with Crippen molar-refractivity contribution in [1.29, 1.82) is 0 Å². The number of halogens is 2. The van der Waals surface area contributed by atoms with Gasteiger partial charge < -0.3 is 5.73 Å². The molecular formula is C16H13ClFN. The Morgan fingerprint density at radius 3 is 2.74 bits per heavy atom. The lowest BCUT2D eigenvalue weighted by Crippen LogP contribution is -1.88. The molecule has 1 aliphatic rings. The third kappa shape index (κ3) is 2.36. The molecule has 0 bridgehead atoms. The van der Waals surface area contributed by atoms with E-state index in [1.54, 1.807) is 12.1 Å².